The van der Waals surface area contributed by atoms with Gasteiger partial charge in [-0.15, -0.1) is 0 Å². The monoisotopic (exact) mass is 360 g/mol. The molecule has 1 saturated heterocycles. The Hall–Kier alpha value is -2.06. The van der Waals surface area contributed by atoms with E-state index in [2.05, 4.69) is 9.97 Å². The van der Waals surface area contributed by atoms with Crippen molar-refractivity contribution >= 4 is 12.0 Å². The summed E-state index contributed by atoms with van der Waals surface area (Å²) >= 11 is 0. The summed E-state index contributed by atoms with van der Waals surface area (Å²) in [7, 11) is 0. The van der Waals surface area contributed by atoms with E-state index in [0.717, 1.165) is 12.4 Å². The van der Waals surface area contributed by atoms with Crippen LogP contribution in [0.2, 0.25) is 0 Å². The molecule has 0 aliphatic carbocycles. The van der Waals surface area contributed by atoms with Crippen molar-refractivity contribution in [3.8, 4) is 0 Å². The Morgan fingerprint density at radius 1 is 1.24 bits per heavy atom. The molecule has 0 radical (unpaired) electrons. The molecule has 9 heteroatoms. The van der Waals surface area contributed by atoms with Gasteiger partial charge in [0.05, 0.1) is 11.6 Å². The number of rotatable bonds is 2. The lowest BCUT2D eigenvalue weighted by Gasteiger charge is -2.41. The largest absolute Gasteiger partial charge is 0.444 e. The van der Waals surface area contributed by atoms with Crippen LogP contribution in [0.3, 0.4) is 0 Å². The fraction of sp³-hybridized carbons (Fsp3) is 0.688. The van der Waals surface area contributed by atoms with Gasteiger partial charge in [0.1, 0.15) is 5.60 Å². The lowest BCUT2D eigenvalue weighted by Crippen LogP contribution is -2.56. The van der Waals surface area contributed by atoms with Crippen LogP contribution in [0.25, 0.3) is 0 Å². The van der Waals surface area contributed by atoms with E-state index in [1.165, 1.54) is 0 Å². The molecule has 2 heterocycles. The SMILES string of the molecule is CCC1CN(c2ncc(C(F)(F)F)cn2)CCN1C(=O)OC(C)(C)C. The molecule has 0 spiro atoms. The number of amides is 1. The Morgan fingerprint density at radius 3 is 2.32 bits per heavy atom. The van der Waals surface area contributed by atoms with Crippen molar-refractivity contribution in [3.05, 3.63) is 18.0 Å². The number of carbonyl (C=O) groups excluding carboxylic acids is 1. The van der Waals surface area contributed by atoms with Gasteiger partial charge in [-0.05, 0) is 27.2 Å². The van der Waals surface area contributed by atoms with Crippen LogP contribution >= 0.6 is 0 Å². The van der Waals surface area contributed by atoms with E-state index in [-0.39, 0.29) is 18.1 Å². The highest BCUT2D eigenvalue weighted by atomic mass is 19.4. The number of piperazine rings is 1. The molecule has 1 aromatic heterocycles. The van der Waals surface area contributed by atoms with Gasteiger partial charge in [0.2, 0.25) is 5.95 Å². The van der Waals surface area contributed by atoms with Crippen LogP contribution in [-0.4, -0.2) is 52.2 Å². The standard InChI is InChI=1S/C16H23F3N4O2/c1-5-12-10-22(6-7-23(12)14(24)25-15(2,3)4)13-20-8-11(9-21-13)16(17,18)19/h8-9,12H,5-7,10H2,1-4H3. The van der Waals surface area contributed by atoms with Crippen molar-refractivity contribution in [1.29, 1.82) is 0 Å². The van der Waals surface area contributed by atoms with E-state index >= 15 is 0 Å². The first kappa shape index (κ1) is 19.3. The zero-order chi connectivity index (χ0) is 18.8. The molecule has 25 heavy (non-hydrogen) atoms. The smallest absolute Gasteiger partial charge is 0.419 e. The van der Waals surface area contributed by atoms with Crippen LogP contribution < -0.4 is 4.90 Å². The molecule has 0 bridgehead atoms. The summed E-state index contributed by atoms with van der Waals surface area (Å²) in [6, 6.07) is -0.116. The second kappa shape index (κ2) is 7.05. The third-order valence-electron chi connectivity index (χ3n) is 3.83. The number of ether oxygens (including phenoxy) is 1. The number of halogens is 3. The maximum Gasteiger partial charge on any atom is 0.419 e. The van der Waals surface area contributed by atoms with E-state index in [1.54, 1.807) is 30.6 Å². The van der Waals surface area contributed by atoms with Gasteiger partial charge in [-0.3, -0.25) is 0 Å². The van der Waals surface area contributed by atoms with E-state index in [0.29, 0.717) is 26.1 Å². The average molecular weight is 360 g/mol. The van der Waals surface area contributed by atoms with Crippen molar-refractivity contribution in [1.82, 2.24) is 14.9 Å². The molecule has 0 aromatic carbocycles. The molecule has 1 amide bonds. The predicted molar refractivity (Wildman–Crippen MR) is 86.3 cm³/mol. The van der Waals surface area contributed by atoms with Gasteiger partial charge >= 0.3 is 12.3 Å². The first-order chi connectivity index (χ1) is 11.5. The lowest BCUT2D eigenvalue weighted by atomic mass is 10.1. The van der Waals surface area contributed by atoms with Gasteiger partial charge < -0.3 is 14.5 Å². The maximum absolute atomic E-state index is 12.6. The van der Waals surface area contributed by atoms with Gasteiger partial charge in [-0.25, -0.2) is 14.8 Å². The Labute approximate surface area is 145 Å². The summed E-state index contributed by atoms with van der Waals surface area (Å²) in [6.07, 6.45) is -2.59. The summed E-state index contributed by atoms with van der Waals surface area (Å²) in [6.45, 7) is 8.63. The van der Waals surface area contributed by atoms with Crippen LogP contribution in [0.1, 0.15) is 39.7 Å². The molecule has 0 saturated carbocycles. The summed E-state index contributed by atoms with van der Waals surface area (Å²) in [5, 5.41) is 0. The summed E-state index contributed by atoms with van der Waals surface area (Å²) in [4.78, 5) is 23.4. The van der Waals surface area contributed by atoms with Crippen LogP contribution in [0.4, 0.5) is 23.9 Å². The number of carbonyl (C=O) groups is 1. The highest BCUT2D eigenvalue weighted by Gasteiger charge is 2.34. The topological polar surface area (TPSA) is 58.6 Å². The second-order valence-corrected chi connectivity index (χ2v) is 6.95. The van der Waals surface area contributed by atoms with Crippen molar-refractivity contribution < 1.29 is 22.7 Å². The quantitative estimate of drug-likeness (QED) is 0.810. The van der Waals surface area contributed by atoms with Gasteiger partial charge in [0.25, 0.3) is 0 Å². The summed E-state index contributed by atoms with van der Waals surface area (Å²) in [5.41, 5.74) is -1.46. The maximum atomic E-state index is 12.6. The summed E-state index contributed by atoms with van der Waals surface area (Å²) < 4.78 is 43.2. The molecular weight excluding hydrogens is 337 g/mol. The van der Waals surface area contributed by atoms with Crippen molar-refractivity contribution in [3.63, 3.8) is 0 Å². The van der Waals surface area contributed by atoms with Gasteiger partial charge in [-0.2, -0.15) is 13.2 Å². The van der Waals surface area contributed by atoms with Gasteiger partial charge in [0.15, 0.2) is 0 Å². The molecule has 2 rings (SSSR count). The summed E-state index contributed by atoms with van der Waals surface area (Å²) in [5.74, 6) is 0.232. The van der Waals surface area contributed by atoms with Crippen LogP contribution in [0.15, 0.2) is 12.4 Å². The zero-order valence-electron chi connectivity index (χ0n) is 14.8. The molecular formula is C16H23F3N4O2. The normalized spacial score (nSPS) is 19.1. The third-order valence-corrected chi connectivity index (χ3v) is 3.83. The number of hydrogen-bond acceptors (Lipinski definition) is 5. The number of aromatic nitrogens is 2. The minimum absolute atomic E-state index is 0.116. The average Bonchev–Trinajstić information content (AvgIpc) is 2.52. The number of hydrogen-bond donors (Lipinski definition) is 0. The second-order valence-electron chi connectivity index (χ2n) is 6.95. The number of anilines is 1. The minimum Gasteiger partial charge on any atom is -0.444 e. The zero-order valence-corrected chi connectivity index (χ0v) is 14.8. The van der Waals surface area contributed by atoms with Gasteiger partial charge in [0, 0.05) is 32.0 Å². The number of nitrogens with zero attached hydrogens (tertiary/aromatic N) is 4. The molecule has 0 N–H and O–H groups in total. The van der Waals surface area contributed by atoms with E-state index in [4.69, 9.17) is 4.74 Å². The van der Waals surface area contributed by atoms with Crippen LogP contribution in [-0.2, 0) is 10.9 Å². The first-order valence-corrected chi connectivity index (χ1v) is 8.15. The van der Waals surface area contributed by atoms with Gasteiger partial charge in [-0.1, -0.05) is 6.92 Å². The molecule has 1 aliphatic rings. The van der Waals surface area contributed by atoms with E-state index in [1.807, 2.05) is 6.92 Å². The molecule has 1 fully saturated rings. The fourth-order valence-electron chi connectivity index (χ4n) is 2.58. The van der Waals surface area contributed by atoms with Crippen LogP contribution in [0.5, 0.6) is 0 Å². The Kier molecular flexibility index (Phi) is 5.43. The molecule has 1 atom stereocenters. The van der Waals surface area contributed by atoms with Crippen molar-refractivity contribution in [2.45, 2.75) is 51.9 Å². The van der Waals surface area contributed by atoms with Crippen LogP contribution in [0, 0.1) is 0 Å². The molecule has 1 unspecified atom stereocenters. The Bertz CT molecular complexity index is 599. The minimum atomic E-state index is -4.46. The number of alkyl halides is 3. The highest BCUT2D eigenvalue weighted by molar-refractivity contribution is 5.69. The van der Waals surface area contributed by atoms with E-state index in [9.17, 15) is 18.0 Å². The van der Waals surface area contributed by atoms with E-state index < -0.39 is 17.3 Å². The first-order valence-electron chi connectivity index (χ1n) is 8.15. The Morgan fingerprint density at radius 2 is 1.84 bits per heavy atom. The molecule has 140 valence electrons. The lowest BCUT2D eigenvalue weighted by molar-refractivity contribution is -0.138. The third kappa shape index (κ3) is 4.96. The van der Waals surface area contributed by atoms with Crippen molar-refractivity contribution in [2.24, 2.45) is 0 Å². The molecule has 6 nitrogen and oxygen atoms in total. The molecule has 1 aromatic rings. The van der Waals surface area contributed by atoms with Crippen molar-refractivity contribution in [2.75, 3.05) is 24.5 Å². The molecule has 1 aliphatic heterocycles. The predicted octanol–water partition coefficient (Wildman–Crippen LogP) is 3.33. The highest BCUT2D eigenvalue weighted by Crippen LogP contribution is 2.28. The fourth-order valence-corrected chi connectivity index (χ4v) is 2.58. The Balaban J connectivity index is 2.07.